The third-order valence-electron chi connectivity index (χ3n) is 4.14. The molecule has 2 rings (SSSR count). The highest BCUT2D eigenvalue weighted by molar-refractivity contribution is 5.96. The average molecular weight is 274 g/mol. The third kappa shape index (κ3) is 3.53. The fourth-order valence-electron chi connectivity index (χ4n) is 2.85. The van der Waals surface area contributed by atoms with E-state index >= 15 is 0 Å². The summed E-state index contributed by atoms with van der Waals surface area (Å²) in [6.07, 6.45) is 3.49. The summed E-state index contributed by atoms with van der Waals surface area (Å²) in [5.74, 6) is 0.935. The maximum absolute atomic E-state index is 12.7. The molecule has 1 unspecified atom stereocenters. The Morgan fingerprint density at radius 3 is 2.85 bits per heavy atom. The number of likely N-dealkylation sites (tertiary alicyclic amines) is 1. The summed E-state index contributed by atoms with van der Waals surface area (Å²) in [6, 6.07) is 6.03. The zero-order valence-electron chi connectivity index (χ0n) is 12.9. The molecule has 1 aromatic carbocycles. The number of hydrogen-bond acceptors (Lipinski definition) is 2. The number of nitrogens with one attached hydrogen (secondary N) is 1. The van der Waals surface area contributed by atoms with Crippen LogP contribution in [0.4, 0.5) is 5.69 Å². The lowest BCUT2D eigenvalue weighted by Gasteiger charge is -2.21. The Hall–Kier alpha value is -1.51. The summed E-state index contributed by atoms with van der Waals surface area (Å²) in [5, 5.41) is 3.28. The molecule has 1 aliphatic heterocycles. The number of carbonyl (C=O) groups excluding carboxylic acids is 1. The van der Waals surface area contributed by atoms with Gasteiger partial charge in [0.05, 0.1) is 0 Å². The van der Waals surface area contributed by atoms with Crippen LogP contribution in [0, 0.1) is 12.8 Å². The Kier molecular flexibility index (Phi) is 5.05. The normalized spacial score (nSPS) is 19.6. The van der Waals surface area contributed by atoms with Crippen molar-refractivity contribution in [2.45, 2.75) is 40.0 Å². The Balaban J connectivity index is 2.12. The van der Waals surface area contributed by atoms with Gasteiger partial charge in [-0.25, -0.2) is 0 Å². The summed E-state index contributed by atoms with van der Waals surface area (Å²) >= 11 is 0. The van der Waals surface area contributed by atoms with Gasteiger partial charge in [0.1, 0.15) is 0 Å². The molecule has 1 atom stereocenters. The topological polar surface area (TPSA) is 32.3 Å². The lowest BCUT2D eigenvalue weighted by molar-refractivity contribution is 0.0759. The van der Waals surface area contributed by atoms with E-state index in [1.165, 1.54) is 6.42 Å². The van der Waals surface area contributed by atoms with Crippen molar-refractivity contribution in [1.82, 2.24) is 4.90 Å². The van der Waals surface area contributed by atoms with Crippen LogP contribution in [0.15, 0.2) is 18.2 Å². The molecule has 0 aliphatic carbocycles. The quantitative estimate of drug-likeness (QED) is 0.911. The minimum Gasteiger partial charge on any atom is -0.385 e. The Labute approximate surface area is 122 Å². The summed E-state index contributed by atoms with van der Waals surface area (Å²) < 4.78 is 0. The van der Waals surface area contributed by atoms with Crippen LogP contribution in [-0.2, 0) is 0 Å². The van der Waals surface area contributed by atoms with Gasteiger partial charge in [0, 0.05) is 30.9 Å². The standard InChI is InChI=1S/C17H26N2O/c1-4-18-15-7-8-16(14(3)12-15)17(20)19-10-5-6-13(2)9-11-19/h7-8,12-13,18H,4-6,9-11H2,1-3H3. The van der Waals surface area contributed by atoms with Crippen molar-refractivity contribution in [2.75, 3.05) is 25.0 Å². The van der Waals surface area contributed by atoms with Crippen LogP contribution in [0.25, 0.3) is 0 Å². The highest BCUT2D eigenvalue weighted by atomic mass is 16.2. The predicted molar refractivity (Wildman–Crippen MR) is 84.3 cm³/mol. The van der Waals surface area contributed by atoms with Gasteiger partial charge in [-0.15, -0.1) is 0 Å². The van der Waals surface area contributed by atoms with E-state index in [2.05, 4.69) is 25.2 Å². The van der Waals surface area contributed by atoms with Crippen molar-refractivity contribution in [2.24, 2.45) is 5.92 Å². The minimum atomic E-state index is 0.194. The fraction of sp³-hybridized carbons (Fsp3) is 0.588. The smallest absolute Gasteiger partial charge is 0.254 e. The Morgan fingerprint density at radius 2 is 2.15 bits per heavy atom. The average Bonchev–Trinajstić information content (AvgIpc) is 2.63. The molecule has 20 heavy (non-hydrogen) atoms. The molecule has 1 aliphatic rings. The first-order chi connectivity index (χ1) is 9.61. The van der Waals surface area contributed by atoms with Crippen molar-refractivity contribution in [3.63, 3.8) is 0 Å². The molecular formula is C17H26N2O. The minimum absolute atomic E-state index is 0.194. The highest BCUT2D eigenvalue weighted by Crippen LogP contribution is 2.21. The van der Waals surface area contributed by atoms with Gasteiger partial charge in [-0.3, -0.25) is 4.79 Å². The van der Waals surface area contributed by atoms with Crippen LogP contribution < -0.4 is 5.32 Å². The van der Waals surface area contributed by atoms with E-state index in [0.717, 1.165) is 55.2 Å². The maximum Gasteiger partial charge on any atom is 0.254 e. The Bertz CT molecular complexity index is 470. The van der Waals surface area contributed by atoms with Crippen LogP contribution in [-0.4, -0.2) is 30.4 Å². The number of nitrogens with zero attached hydrogens (tertiary/aromatic N) is 1. The first kappa shape index (κ1) is 14.9. The van der Waals surface area contributed by atoms with E-state index in [1.807, 2.05) is 24.0 Å². The molecule has 0 spiro atoms. The molecular weight excluding hydrogens is 248 g/mol. The molecule has 1 saturated heterocycles. The van der Waals surface area contributed by atoms with E-state index in [9.17, 15) is 4.79 Å². The van der Waals surface area contributed by atoms with Gasteiger partial charge in [-0.2, -0.15) is 0 Å². The van der Waals surface area contributed by atoms with Gasteiger partial charge in [-0.05, 0) is 62.8 Å². The van der Waals surface area contributed by atoms with E-state index in [4.69, 9.17) is 0 Å². The summed E-state index contributed by atoms with van der Waals surface area (Å²) in [4.78, 5) is 14.7. The molecule has 110 valence electrons. The maximum atomic E-state index is 12.7. The number of benzene rings is 1. The van der Waals surface area contributed by atoms with Crippen molar-refractivity contribution in [1.29, 1.82) is 0 Å². The zero-order valence-corrected chi connectivity index (χ0v) is 12.9. The first-order valence-electron chi connectivity index (χ1n) is 7.75. The van der Waals surface area contributed by atoms with E-state index in [1.54, 1.807) is 0 Å². The highest BCUT2D eigenvalue weighted by Gasteiger charge is 2.20. The molecule has 3 nitrogen and oxygen atoms in total. The number of rotatable bonds is 3. The van der Waals surface area contributed by atoms with E-state index in [0.29, 0.717) is 0 Å². The summed E-state index contributed by atoms with van der Waals surface area (Å²) in [7, 11) is 0. The SMILES string of the molecule is CCNc1ccc(C(=O)N2CCCC(C)CC2)c(C)c1. The molecule has 0 bridgehead atoms. The van der Waals surface area contributed by atoms with Gasteiger partial charge in [0.25, 0.3) is 5.91 Å². The number of amides is 1. The lowest BCUT2D eigenvalue weighted by atomic mass is 10.0. The molecule has 1 heterocycles. The van der Waals surface area contributed by atoms with Crippen LogP contribution >= 0.6 is 0 Å². The summed E-state index contributed by atoms with van der Waals surface area (Å²) in [6.45, 7) is 9.08. The van der Waals surface area contributed by atoms with Crippen LogP contribution in [0.5, 0.6) is 0 Å². The second-order valence-corrected chi connectivity index (χ2v) is 5.89. The van der Waals surface area contributed by atoms with Gasteiger partial charge in [0.15, 0.2) is 0 Å². The van der Waals surface area contributed by atoms with Crippen molar-refractivity contribution in [3.05, 3.63) is 29.3 Å². The lowest BCUT2D eigenvalue weighted by Crippen LogP contribution is -2.32. The second-order valence-electron chi connectivity index (χ2n) is 5.89. The number of carbonyl (C=O) groups is 1. The molecule has 0 radical (unpaired) electrons. The molecule has 1 amide bonds. The fourth-order valence-corrected chi connectivity index (χ4v) is 2.85. The zero-order chi connectivity index (χ0) is 14.5. The molecule has 1 N–H and O–H groups in total. The largest absolute Gasteiger partial charge is 0.385 e. The third-order valence-corrected chi connectivity index (χ3v) is 4.14. The van der Waals surface area contributed by atoms with Crippen molar-refractivity contribution in [3.8, 4) is 0 Å². The van der Waals surface area contributed by atoms with E-state index in [-0.39, 0.29) is 5.91 Å². The first-order valence-corrected chi connectivity index (χ1v) is 7.75. The summed E-state index contributed by atoms with van der Waals surface area (Å²) in [5.41, 5.74) is 3.00. The van der Waals surface area contributed by atoms with Crippen LogP contribution in [0.1, 0.15) is 49.0 Å². The van der Waals surface area contributed by atoms with Crippen molar-refractivity contribution < 1.29 is 4.79 Å². The predicted octanol–water partition coefficient (Wildman–Crippen LogP) is 3.69. The Morgan fingerprint density at radius 1 is 1.35 bits per heavy atom. The molecule has 3 heteroatoms. The molecule has 0 aromatic heterocycles. The second kappa shape index (κ2) is 6.78. The van der Waals surface area contributed by atoms with Gasteiger partial charge in [-0.1, -0.05) is 6.92 Å². The molecule has 1 fully saturated rings. The van der Waals surface area contributed by atoms with Crippen LogP contribution in [0.2, 0.25) is 0 Å². The van der Waals surface area contributed by atoms with E-state index < -0.39 is 0 Å². The number of anilines is 1. The van der Waals surface area contributed by atoms with Gasteiger partial charge < -0.3 is 10.2 Å². The van der Waals surface area contributed by atoms with Gasteiger partial charge >= 0.3 is 0 Å². The van der Waals surface area contributed by atoms with Crippen molar-refractivity contribution >= 4 is 11.6 Å². The molecule has 1 aromatic rings. The molecule has 0 saturated carbocycles. The number of hydrogen-bond donors (Lipinski definition) is 1. The monoisotopic (exact) mass is 274 g/mol. The van der Waals surface area contributed by atoms with Crippen LogP contribution in [0.3, 0.4) is 0 Å². The van der Waals surface area contributed by atoms with Gasteiger partial charge in [0.2, 0.25) is 0 Å². The number of aryl methyl sites for hydroxylation is 1.